The molecule has 1 amide bonds. The van der Waals surface area contributed by atoms with E-state index in [2.05, 4.69) is 49.5 Å². The fraction of sp³-hybridized carbons (Fsp3) is 0.458. The van der Waals surface area contributed by atoms with Gasteiger partial charge < -0.3 is 19.5 Å². The van der Waals surface area contributed by atoms with Gasteiger partial charge >= 0.3 is 0 Å². The van der Waals surface area contributed by atoms with Crippen molar-refractivity contribution in [2.24, 2.45) is 5.92 Å². The first kappa shape index (κ1) is 22.1. The van der Waals surface area contributed by atoms with Crippen molar-refractivity contribution >= 4 is 22.9 Å². The van der Waals surface area contributed by atoms with Crippen LogP contribution in [-0.2, 0) is 22.6 Å². The van der Waals surface area contributed by atoms with Crippen LogP contribution < -0.4 is 10.2 Å². The standard InChI is InChI=1S/C24H29N5O3S/c30-24(25-16-18-3-5-20(6-4-18)29-11-13-31-14-12-29)19-7-9-28(10-8-19)17-22-26-23(27-32-22)21-2-1-15-33-21/h1-6,15,19H,7-14,16-17H2,(H,25,30). The quantitative estimate of drug-likeness (QED) is 0.571. The Bertz CT molecular complexity index is 1020. The van der Waals surface area contributed by atoms with Gasteiger partial charge in [0, 0.05) is 31.2 Å². The number of piperidine rings is 1. The zero-order valence-corrected chi connectivity index (χ0v) is 19.4. The van der Waals surface area contributed by atoms with Crippen molar-refractivity contribution < 1.29 is 14.1 Å². The molecule has 0 bridgehead atoms. The topological polar surface area (TPSA) is 83.7 Å². The van der Waals surface area contributed by atoms with Crippen LogP contribution in [0.5, 0.6) is 0 Å². The van der Waals surface area contributed by atoms with Gasteiger partial charge in [0.1, 0.15) is 0 Å². The number of anilines is 1. The molecule has 8 nitrogen and oxygen atoms in total. The van der Waals surface area contributed by atoms with Crippen molar-refractivity contribution in [1.29, 1.82) is 0 Å². The zero-order chi connectivity index (χ0) is 22.5. The number of amides is 1. The van der Waals surface area contributed by atoms with Gasteiger partial charge in [0.2, 0.25) is 17.6 Å². The van der Waals surface area contributed by atoms with Crippen LogP contribution in [0.15, 0.2) is 46.3 Å². The molecule has 174 valence electrons. The summed E-state index contributed by atoms with van der Waals surface area (Å²) < 4.78 is 10.8. The van der Waals surface area contributed by atoms with E-state index in [4.69, 9.17) is 9.26 Å². The lowest BCUT2D eigenvalue weighted by molar-refractivity contribution is -0.126. The number of thiophene rings is 1. The Hall–Kier alpha value is -2.75. The fourth-order valence-electron chi connectivity index (χ4n) is 4.35. The van der Waals surface area contributed by atoms with E-state index in [1.807, 2.05) is 17.5 Å². The zero-order valence-electron chi connectivity index (χ0n) is 18.6. The van der Waals surface area contributed by atoms with Crippen molar-refractivity contribution in [3.8, 4) is 10.7 Å². The first-order chi connectivity index (χ1) is 16.2. The lowest BCUT2D eigenvalue weighted by Gasteiger charge is -2.30. The summed E-state index contributed by atoms with van der Waals surface area (Å²) in [6, 6.07) is 12.4. The molecular weight excluding hydrogens is 438 g/mol. The highest BCUT2D eigenvalue weighted by molar-refractivity contribution is 7.13. The second kappa shape index (κ2) is 10.5. The van der Waals surface area contributed by atoms with E-state index in [-0.39, 0.29) is 11.8 Å². The number of ether oxygens (including phenoxy) is 1. The van der Waals surface area contributed by atoms with E-state index in [0.717, 1.165) is 62.7 Å². The number of aromatic nitrogens is 2. The maximum Gasteiger partial charge on any atom is 0.241 e. The number of morpholine rings is 1. The van der Waals surface area contributed by atoms with E-state index in [1.165, 1.54) is 5.69 Å². The summed E-state index contributed by atoms with van der Waals surface area (Å²) in [5.41, 5.74) is 2.33. The average molecular weight is 468 g/mol. The van der Waals surface area contributed by atoms with E-state index in [9.17, 15) is 4.79 Å². The van der Waals surface area contributed by atoms with Crippen LogP contribution >= 0.6 is 11.3 Å². The Morgan fingerprint density at radius 3 is 2.61 bits per heavy atom. The molecule has 5 rings (SSSR count). The average Bonchev–Trinajstić information content (AvgIpc) is 3.56. The van der Waals surface area contributed by atoms with Crippen molar-refractivity contribution in [3.63, 3.8) is 0 Å². The summed E-state index contributed by atoms with van der Waals surface area (Å²) >= 11 is 1.60. The lowest BCUT2D eigenvalue weighted by Crippen LogP contribution is -2.40. The van der Waals surface area contributed by atoms with Crippen molar-refractivity contribution in [1.82, 2.24) is 20.4 Å². The predicted molar refractivity (Wildman–Crippen MR) is 127 cm³/mol. The largest absolute Gasteiger partial charge is 0.378 e. The molecule has 2 saturated heterocycles. The Kier molecular flexibility index (Phi) is 6.99. The molecule has 2 fully saturated rings. The molecule has 0 aliphatic carbocycles. The predicted octanol–water partition coefficient (Wildman–Crippen LogP) is 3.16. The summed E-state index contributed by atoms with van der Waals surface area (Å²) in [6.07, 6.45) is 1.68. The molecule has 2 aliphatic rings. The molecule has 4 heterocycles. The first-order valence-corrected chi connectivity index (χ1v) is 12.4. The summed E-state index contributed by atoms with van der Waals surface area (Å²) in [7, 11) is 0. The van der Waals surface area contributed by atoms with E-state index in [0.29, 0.717) is 24.8 Å². The molecular formula is C24H29N5O3S. The molecule has 1 N–H and O–H groups in total. The Morgan fingerprint density at radius 2 is 1.88 bits per heavy atom. The minimum atomic E-state index is 0.0539. The highest BCUT2D eigenvalue weighted by Gasteiger charge is 2.26. The lowest BCUT2D eigenvalue weighted by atomic mass is 9.96. The highest BCUT2D eigenvalue weighted by atomic mass is 32.1. The van der Waals surface area contributed by atoms with Crippen LogP contribution in [0.3, 0.4) is 0 Å². The molecule has 3 aromatic rings. The second-order valence-corrected chi connectivity index (χ2v) is 9.47. The number of benzene rings is 1. The molecule has 0 unspecified atom stereocenters. The number of carbonyl (C=O) groups excluding carboxylic acids is 1. The Morgan fingerprint density at radius 1 is 1.09 bits per heavy atom. The van der Waals surface area contributed by atoms with E-state index in [1.54, 1.807) is 11.3 Å². The fourth-order valence-corrected chi connectivity index (χ4v) is 5.00. The third kappa shape index (κ3) is 5.61. The van der Waals surface area contributed by atoms with Crippen LogP contribution in [-0.4, -0.2) is 60.3 Å². The van der Waals surface area contributed by atoms with Gasteiger partial charge in [-0.2, -0.15) is 4.98 Å². The van der Waals surface area contributed by atoms with Gasteiger partial charge in [-0.15, -0.1) is 11.3 Å². The Balaban J connectivity index is 1.05. The number of nitrogens with zero attached hydrogens (tertiary/aromatic N) is 4. The van der Waals surface area contributed by atoms with Gasteiger partial charge in [-0.25, -0.2) is 0 Å². The highest BCUT2D eigenvalue weighted by Crippen LogP contribution is 2.23. The van der Waals surface area contributed by atoms with Crippen LogP contribution in [0.25, 0.3) is 10.7 Å². The number of rotatable bonds is 7. The van der Waals surface area contributed by atoms with Crippen LogP contribution in [0.1, 0.15) is 24.3 Å². The molecule has 0 spiro atoms. The van der Waals surface area contributed by atoms with Gasteiger partial charge in [0.15, 0.2) is 0 Å². The molecule has 2 aromatic heterocycles. The van der Waals surface area contributed by atoms with Gasteiger partial charge in [-0.1, -0.05) is 23.4 Å². The Labute approximate surface area is 197 Å². The molecule has 2 aliphatic heterocycles. The molecule has 0 atom stereocenters. The van der Waals surface area contributed by atoms with Gasteiger partial charge in [0.05, 0.1) is 24.6 Å². The third-order valence-corrected chi connectivity index (χ3v) is 7.17. The number of carbonyl (C=O) groups is 1. The first-order valence-electron chi connectivity index (χ1n) is 11.5. The summed E-state index contributed by atoms with van der Waals surface area (Å²) in [5, 5.41) is 9.20. The minimum Gasteiger partial charge on any atom is -0.378 e. The normalized spacial score (nSPS) is 17.9. The molecule has 33 heavy (non-hydrogen) atoms. The second-order valence-electron chi connectivity index (χ2n) is 8.52. The van der Waals surface area contributed by atoms with E-state index < -0.39 is 0 Å². The maximum absolute atomic E-state index is 12.7. The molecule has 0 saturated carbocycles. The van der Waals surface area contributed by atoms with Crippen molar-refractivity contribution in [2.75, 3.05) is 44.3 Å². The smallest absolute Gasteiger partial charge is 0.241 e. The van der Waals surface area contributed by atoms with Crippen LogP contribution in [0.4, 0.5) is 5.69 Å². The SMILES string of the molecule is O=C(NCc1ccc(N2CCOCC2)cc1)C1CCN(Cc2nc(-c3cccs3)no2)CC1. The van der Waals surface area contributed by atoms with Crippen LogP contribution in [0.2, 0.25) is 0 Å². The van der Waals surface area contributed by atoms with Crippen LogP contribution in [0, 0.1) is 5.92 Å². The van der Waals surface area contributed by atoms with E-state index >= 15 is 0 Å². The maximum atomic E-state index is 12.7. The summed E-state index contributed by atoms with van der Waals surface area (Å²) in [4.78, 5) is 22.8. The monoisotopic (exact) mass is 467 g/mol. The number of hydrogen-bond donors (Lipinski definition) is 1. The number of nitrogens with one attached hydrogen (secondary N) is 1. The van der Waals surface area contributed by atoms with Gasteiger partial charge in [-0.05, 0) is 55.1 Å². The number of likely N-dealkylation sites (tertiary alicyclic amines) is 1. The van der Waals surface area contributed by atoms with Crippen molar-refractivity contribution in [3.05, 3.63) is 53.2 Å². The van der Waals surface area contributed by atoms with Gasteiger partial charge in [0.25, 0.3) is 0 Å². The number of hydrogen-bond acceptors (Lipinski definition) is 8. The minimum absolute atomic E-state index is 0.0539. The summed E-state index contributed by atoms with van der Waals surface area (Å²) in [6.45, 7) is 6.31. The van der Waals surface area contributed by atoms with Crippen molar-refractivity contribution in [2.45, 2.75) is 25.9 Å². The molecule has 9 heteroatoms. The molecule has 0 radical (unpaired) electrons. The molecule has 1 aromatic carbocycles. The third-order valence-electron chi connectivity index (χ3n) is 6.31. The summed E-state index contributed by atoms with van der Waals surface area (Å²) in [5.74, 6) is 1.47. The van der Waals surface area contributed by atoms with Gasteiger partial charge in [-0.3, -0.25) is 9.69 Å².